The zero-order valence-corrected chi connectivity index (χ0v) is 14.6. The summed E-state index contributed by atoms with van der Waals surface area (Å²) in [6, 6.07) is 14.1. The number of carbonyl (C=O) groups excluding carboxylic acids is 1. The van der Waals surface area contributed by atoms with Crippen molar-refractivity contribution in [2.75, 3.05) is 13.1 Å². The van der Waals surface area contributed by atoms with E-state index in [0.717, 1.165) is 48.3 Å². The fourth-order valence-electron chi connectivity index (χ4n) is 3.68. The summed E-state index contributed by atoms with van der Waals surface area (Å²) in [5.41, 5.74) is 4.40. The standard InChI is InChI=1S/C21H22N4O/c26-20(12-16-6-4-10-22-13-16)25-11-5-9-18(15-25)21-19(14-23-24-21)17-7-2-1-3-8-17/h1-4,6-8,10,13-14,18H,5,9,11-12,15H2,(H,23,24)/t18-/m1/s1. The highest BCUT2D eigenvalue weighted by Crippen LogP contribution is 2.33. The molecule has 132 valence electrons. The Kier molecular flexibility index (Phi) is 4.78. The molecule has 0 spiro atoms. The Hall–Kier alpha value is -2.95. The SMILES string of the molecule is O=C(Cc1cccnc1)N1CCC[C@@H](c2[nH]ncc2-c2ccccc2)C1. The van der Waals surface area contributed by atoms with E-state index in [1.807, 2.05) is 41.4 Å². The van der Waals surface area contributed by atoms with Crippen molar-refractivity contribution >= 4 is 5.91 Å². The lowest BCUT2D eigenvalue weighted by Crippen LogP contribution is -2.40. The number of piperidine rings is 1. The van der Waals surface area contributed by atoms with E-state index >= 15 is 0 Å². The zero-order chi connectivity index (χ0) is 17.8. The molecule has 0 radical (unpaired) electrons. The molecule has 0 saturated carbocycles. The fourth-order valence-corrected chi connectivity index (χ4v) is 3.68. The van der Waals surface area contributed by atoms with Crippen LogP contribution in [0, 0.1) is 0 Å². The van der Waals surface area contributed by atoms with Gasteiger partial charge in [-0.2, -0.15) is 5.10 Å². The molecular formula is C21H22N4O. The number of amides is 1. The number of benzene rings is 1. The molecule has 5 heteroatoms. The maximum absolute atomic E-state index is 12.7. The lowest BCUT2D eigenvalue weighted by atomic mass is 9.90. The summed E-state index contributed by atoms with van der Waals surface area (Å²) in [5.74, 6) is 0.461. The van der Waals surface area contributed by atoms with Gasteiger partial charge >= 0.3 is 0 Å². The predicted octanol–water partition coefficient (Wildman–Crippen LogP) is 3.42. The quantitative estimate of drug-likeness (QED) is 0.787. The molecule has 1 N–H and O–H groups in total. The van der Waals surface area contributed by atoms with Crippen molar-refractivity contribution in [1.29, 1.82) is 0 Å². The molecule has 1 saturated heterocycles. The van der Waals surface area contributed by atoms with Crippen molar-refractivity contribution in [2.45, 2.75) is 25.2 Å². The number of aromatic nitrogens is 3. The number of rotatable bonds is 4. The highest BCUT2D eigenvalue weighted by molar-refractivity contribution is 5.79. The normalized spacial score (nSPS) is 17.2. The summed E-state index contributed by atoms with van der Waals surface area (Å²) in [6.07, 6.45) is 7.88. The number of carbonyl (C=O) groups is 1. The fraction of sp³-hybridized carbons (Fsp3) is 0.286. The van der Waals surface area contributed by atoms with Crippen LogP contribution in [0.1, 0.15) is 30.0 Å². The second-order valence-corrected chi connectivity index (χ2v) is 6.78. The number of H-pyrrole nitrogens is 1. The van der Waals surface area contributed by atoms with Crippen LogP contribution >= 0.6 is 0 Å². The second kappa shape index (κ2) is 7.52. The number of hydrogen-bond donors (Lipinski definition) is 1. The lowest BCUT2D eigenvalue weighted by Gasteiger charge is -2.33. The molecular weight excluding hydrogens is 324 g/mol. The minimum Gasteiger partial charge on any atom is -0.342 e. The molecule has 0 unspecified atom stereocenters. The van der Waals surface area contributed by atoms with Crippen LogP contribution in [-0.4, -0.2) is 39.1 Å². The molecule has 4 rings (SSSR count). The molecule has 1 aliphatic heterocycles. The Bertz CT molecular complexity index is 860. The van der Waals surface area contributed by atoms with Crippen LogP contribution in [-0.2, 0) is 11.2 Å². The molecule has 1 amide bonds. The zero-order valence-electron chi connectivity index (χ0n) is 14.6. The van der Waals surface area contributed by atoms with Crippen LogP contribution in [0.25, 0.3) is 11.1 Å². The summed E-state index contributed by atoms with van der Waals surface area (Å²) in [5, 5.41) is 7.46. The molecule has 2 aromatic heterocycles. The van der Waals surface area contributed by atoms with E-state index in [1.165, 1.54) is 0 Å². The number of aromatic amines is 1. The van der Waals surface area contributed by atoms with Crippen LogP contribution in [0.15, 0.2) is 61.1 Å². The summed E-state index contributed by atoms with van der Waals surface area (Å²) in [6.45, 7) is 1.56. The summed E-state index contributed by atoms with van der Waals surface area (Å²) in [7, 11) is 0. The second-order valence-electron chi connectivity index (χ2n) is 6.78. The van der Waals surface area contributed by atoms with Gasteiger partial charge in [0.1, 0.15) is 0 Å². The smallest absolute Gasteiger partial charge is 0.227 e. The number of likely N-dealkylation sites (tertiary alicyclic amines) is 1. The molecule has 3 aromatic rings. The molecule has 1 atom stereocenters. The number of nitrogens with one attached hydrogen (secondary N) is 1. The highest BCUT2D eigenvalue weighted by atomic mass is 16.2. The summed E-state index contributed by atoms with van der Waals surface area (Å²) in [4.78, 5) is 18.8. The maximum Gasteiger partial charge on any atom is 0.227 e. The van der Waals surface area contributed by atoms with Gasteiger partial charge in [-0.15, -0.1) is 0 Å². The van der Waals surface area contributed by atoms with Gasteiger partial charge in [-0.25, -0.2) is 0 Å². The third-order valence-corrected chi connectivity index (χ3v) is 5.01. The van der Waals surface area contributed by atoms with Crippen molar-refractivity contribution in [3.8, 4) is 11.1 Å². The lowest BCUT2D eigenvalue weighted by molar-refractivity contribution is -0.131. The van der Waals surface area contributed by atoms with Gasteiger partial charge in [0.15, 0.2) is 0 Å². The third kappa shape index (κ3) is 3.52. The van der Waals surface area contributed by atoms with Gasteiger partial charge in [-0.3, -0.25) is 14.9 Å². The monoisotopic (exact) mass is 346 g/mol. The molecule has 5 nitrogen and oxygen atoms in total. The van der Waals surface area contributed by atoms with E-state index in [-0.39, 0.29) is 5.91 Å². The van der Waals surface area contributed by atoms with Gasteiger partial charge in [-0.1, -0.05) is 36.4 Å². The molecule has 1 aromatic carbocycles. The average Bonchev–Trinajstić information content (AvgIpc) is 3.19. The molecule has 3 heterocycles. The van der Waals surface area contributed by atoms with E-state index < -0.39 is 0 Å². The van der Waals surface area contributed by atoms with Crippen LogP contribution < -0.4 is 0 Å². The third-order valence-electron chi connectivity index (χ3n) is 5.01. The van der Waals surface area contributed by atoms with Crippen LogP contribution in [0.2, 0.25) is 0 Å². The topological polar surface area (TPSA) is 61.9 Å². The first-order chi connectivity index (χ1) is 12.8. The van der Waals surface area contributed by atoms with Crippen molar-refractivity contribution in [3.63, 3.8) is 0 Å². The molecule has 1 fully saturated rings. The molecule has 1 aliphatic rings. The molecule has 26 heavy (non-hydrogen) atoms. The largest absolute Gasteiger partial charge is 0.342 e. The minimum absolute atomic E-state index is 0.170. The van der Waals surface area contributed by atoms with E-state index in [2.05, 4.69) is 27.3 Å². The van der Waals surface area contributed by atoms with Gasteiger partial charge in [0, 0.05) is 42.7 Å². The van der Waals surface area contributed by atoms with Gasteiger partial charge in [-0.05, 0) is 30.0 Å². The molecule has 0 bridgehead atoms. The Morgan fingerprint density at radius 2 is 2.04 bits per heavy atom. The molecule has 0 aliphatic carbocycles. The van der Waals surface area contributed by atoms with Crippen molar-refractivity contribution in [1.82, 2.24) is 20.1 Å². The average molecular weight is 346 g/mol. The predicted molar refractivity (Wildman–Crippen MR) is 101 cm³/mol. The van der Waals surface area contributed by atoms with E-state index in [4.69, 9.17) is 0 Å². The number of hydrogen-bond acceptors (Lipinski definition) is 3. The highest BCUT2D eigenvalue weighted by Gasteiger charge is 2.27. The minimum atomic E-state index is 0.170. The van der Waals surface area contributed by atoms with Crippen molar-refractivity contribution in [3.05, 3.63) is 72.3 Å². The van der Waals surface area contributed by atoms with Gasteiger partial charge in [0.2, 0.25) is 5.91 Å². The first-order valence-corrected chi connectivity index (χ1v) is 9.06. The first kappa shape index (κ1) is 16.5. The maximum atomic E-state index is 12.7. The summed E-state index contributed by atoms with van der Waals surface area (Å²) < 4.78 is 0. The first-order valence-electron chi connectivity index (χ1n) is 9.06. The van der Waals surface area contributed by atoms with Crippen molar-refractivity contribution in [2.24, 2.45) is 0 Å². The Labute approximate surface area is 153 Å². The number of pyridine rings is 1. The summed E-state index contributed by atoms with van der Waals surface area (Å²) >= 11 is 0. The van der Waals surface area contributed by atoms with E-state index in [0.29, 0.717) is 12.3 Å². The van der Waals surface area contributed by atoms with E-state index in [1.54, 1.807) is 12.4 Å². The van der Waals surface area contributed by atoms with Crippen molar-refractivity contribution < 1.29 is 4.79 Å². The van der Waals surface area contributed by atoms with E-state index in [9.17, 15) is 4.79 Å². The van der Waals surface area contributed by atoms with Gasteiger partial charge in [0.05, 0.1) is 12.6 Å². The van der Waals surface area contributed by atoms with Crippen LogP contribution in [0.4, 0.5) is 0 Å². The van der Waals surface area contributed by atoms with Gasteiger partial charge < -0.3 is 4.90 Å². The van der Waals surface area contributed by atoms with Crippen LogP contribution in [0.5, 0.6) is 0 Å². The Morgan fingerprint density at radius 1 is 1.15 bits per heavy atom. The van der Waals surface area contributed by atoms with Crippen LogP contribution in [0.3, 0.4) is 0 Å². The Morgan fingerprint density at radius 3 is 2.85 bits per heavy atom. The Balaban J connectivity index is 1.49. The number of nitrogens with zero attached hydrogens (tertiary/aromatic N) is 3. The van der Waals surface area contributed by atoms with Gasteiger partial charge in [0.25, 0.3) is 0 Å².